The van der Waals surface area contributed by atoms with E-state index in [9.17, 15) is 14.4 Å². The van der Waals surface area contributed by atoms with Crippen LogP contribution in [0.15, 0.2) is 11.6 Å². The van der Waals surface area contributed by atoms with Gasteiger partial charge in [0, 0.05) is 44.2 Å². The fourth-order valence-corrected chi connectivity index (χ4v) is 3.22. The van der Waals surface area contributed by atoms with Crippen LogP contribution in [-0.2, 0) is 20.8 Å². The van der Waals surface area contributed by atoms with E-state index in [-0.39, 0.29) is 30.3 Å². The lowest BCUT2D eigenvalue weighted by Crippen LogP contribution is -2.48. The first kappa shape index (κ1) is 19.4. The van der Waals surface area contributed by atoms with Crippen LogP contribution in [-0.4, -0.2) is 64.6 Å². The molecule has 1 unspecified atom stereocenters. The molecule has 1 fully saturated rings. The minimum Gasteiger partial charge on any atom is -0.354 e. The van der Waals surface area contributed by atoms with Gasteiger partial charge in [-0.2, -0.15) is 0 Å². The maximum atomic E-state index is 12.4. The van der Waals surface area contributed by atoms with E-state index in [4.69, 9.17) is 0 Å². The van der Waals surface area contributed by atoms with Crippen molar-refractivity contribution in [3.63, 3.8) is 0 Å². The van der Waals surface area contributed by atoms with Gasteiger partial charge in [0.15, 0.2) is 0 Å². The van der Waals surface area contributed by atoms with Crippen LogP contribution in [0.2, 0.25) is 0 Å². The molecule has 7 nitrogen and oxygen atoms in total. The number of likely N-dealkylation sites (tertiary alicyclic amines) is 1. The van der Waals surface area contributed by atoms with Gasteiger partial charge in [-0.15, -0.1) is 0 Å². The summed E-state index contributed by atoms with van der Waals surface area (Å²) in [6.45, 7) is 3.04. The van der Waals surface area contributed by atoms with Crippen LogP contribution in [0.25, 0.3) is 0 Å². The van der Waals surface area contributed by atoms with Gasteiger partial charge >= 0.3 is 0 Å². The van der Waals surface area contributed by atoms with Crippen molar-refractivity contribution in [2.45, 2.75) is 45.1 Å². The molecule has 2 rings (SSSR count). The summed E-state index contributed by atoms with van der Waals surface area (Å²) in [4.78, 5) is 39.6. The Labute approximate surface area is 152 Å². The smallest absolute Gasteiger partial charge is 0.242 e. The third-order valence-electron chi connectivity index (χ3n) is 4.49. The molecule has 0 spiro atoms. The lowest BCUT2D eigenvalue weighted by Gasteiger charge is -2.28. The van der Waals surface area contributed by atoms with Gasteiger partial charge < -0.3 is 15.1 Å². The highest BCUT2D eigenvalue weighted by Gasteiger charge is 2.23. The molecule has 1 atom stereocenters. The summed E-state index contributed by atoms with van der Waals surface area (Å²) in [5, 5.41) is 4.69. The van der Waals surface area contributed by atoms with E-state index in [2.05, 4.69) is 9.69 Å². The van der Waals surface area contributed by atoms with Gasteiger partial charge in [0.1, 0.15) is 0 Å². The minimum absolute atomic E-state index is 0.0598. The molecule has 1 aliphatic heterocycles. The molecule has 138 valence electrons. The van der Waals surface area contributed by atoms with Crippen LogP contribution in [0, 0.1) is 0 Å². The van der Waals surface area contributed by atoms with Gasteiger partial charge in [0.05, 0.1) is 13.0 Å². The monoisotopic (exact) mass is 366 g/mol. The topological polar surface area (TPSA) is 82.6 Å². The van der Waals surface area contributed by atoms with Crippen LogP contribution in [0.3, 0.4) is 0 Å². The number of nitrogens with zero attached hydrogens (tertiary/aromatic N) is 3. The number of likely N-dealkylation sites (N-methyl/N-ethyl adjacent to an activating group) is 1. The summed E-state index contributed by atoms with van der Waals surface area (Å²) in [5.41, 5.74) is 0.888. The van der Waals surface area contributed by atoms with Crippen molar-refractivity contribution in [1.29, 1.82) is 0 Å². The lowest BCUT2D eigenvalue weighted by molar-refractivity contribution is -0.140. The van der Waals surface area contributed by atoms with E-state index in [0.29, 0.717) is 25.9 Å². The summed E-state index contributed by atoms with van der Waals surface area (Å²) in [6, 6.07) is -0.140. The molecule has 0 saturated carbocycles. The standard InChI is InChI=1S/C17H26N4O3S/c1-13(9-18-15(22)8-14-10-19-25-12-14)20(2)17(24)11-21-7-5-3-4-6-16(21)23/h10,12-13H,3-9,11H2,1-2H3,(H,18,22). The van der Waals surface area contributed by atoms with Gasteiger partial charge in [-0.25, -0.2) is 4.37 Å². The Morgan fingerprint density at radius 1 is 1.40 bits per heavy atom. The second-order valence-corrected chi connectivity index (χ2v) is 7.15. The molecule has 1 N–H and O–H groups in total. The Balaban J connectivity index is 1.75. The lowest BCUT2D eigenvalue weighted by atomic mass is 10.2. The molecule has 1 aliphatic rings. The van der Waals surface area contributed by atoms with E-state index in [1.807, 2.05) is 12.3 Å². The molecule has 1 aromatic heterocycles. The van der Waals surface area contributed by atoms with Crippen molar-refractivity contribution in [1.82, 2.24) is 19.5 Å². The molecule has 3 amide bonds. The molecular formula is C17H26N4O3S. The molecule has 8 heteroatoms. The molecule has 0 aliphatic carbocycles. The molecule has 0 bridgehead atoms. The Kier molecular flexibility index (Phi) is 7.36. The van der Waals surface area contributed by atoms with Crippen LogP contribution < -0.4 is 5.32 Å². The SMILES string of the molecule is CC(CNC(=O)Cc1cnsc1)N(C)C(=O)CN1CCCCCC1=O. The Bertz CT molecular complexity index is 591. The fourth-order valence-electron chi connectivity index (χ4n) is 2.69. The van der Waals surface area contributed by atoms with Crippen molar-refractivity contribution in [3.8, 4) is 0 Å². The summed E-state index contributed by atoms with van der Waals surface area (Å²) < 4.78 is 3.97. The van der Waals surface area contributed by atoms with Gasteiger partial charge in [0.2, 0.25) is 17.7 Å². The van der Waals surface area contributed by atoms with Crippen LogP contribution in [0.5, 0.6) is 0 Å². The highest BCUT2D eigenvalue weighted by Crippen LogP contribution is 2.11. The van der Waals surface area contributed by atoms with E-state index in [1.54, 1.807) is 23.0 Å². The molecular weight excluding hydrogens is 340 g/mol. The number of carbonyl (C=O) groups excluding carboxylic acids is 3. The zero-order chi connectivity index (χ0) is 18.2. The van der Waals surface area contributed by atoms with Crippen molar-refractivity contribution in [2.24, 2.45) is 0 Å². The zero-order valence-corrected chi connectivity index (χ0v) is 15.7. The molecule has 1 aromatic rings. The maximum Gasteiger partial charge on any atom is 0.242 e. The van der Waals surface area contributed by atoms with Crippen molar-refractivity contribution in [2.75, 3.05) is 26.7 Å². The van der Waals surface area contributed by atoms with E-state index < -0.39 is 0 Å². The normalized spacial score (nSPS) is 16.2. The van der Waals surface area contributed by atoms with Crippen molar-refractivity contribution >= 4 is 29.3 Å². The van der Waals surface area contributed by atoms with Gasteiger partial charge in [-0.1, -0.05) is 6.42 Å². The largest absolute Gasteiger partial charge is 0.354 e. The summed E-state index contributed by atoms with van der Waals surface area (Å²) >= 11 is 1.32. The second-order valence-electron chi connectivity index (χ2n) is 6.49. The Morgan fingerprint density at radius 3 is 2.92 bits per heavy atom. The van der Waals surface area contributed by atoms with E-state index >= 15 is 0 Å². The predicted octanol–water partition coefficient (Wildman–Crippen LogP) is 1.05. The number of amides is 3. The summed E-state index contributed by atoms with van der Waals surface area (Å²) in [6.07, 6.45) is 5.40. The molecule has 1 saturated heterocycles. The van der Waals surface area contributed by atoms with Gasteiger partial charge in [-0.3, -0.25) is 14.4 Å². The predicted molar refractivity (Wildman–Crippen MR) is 96.1 cm³/mol. The van der Waals surface area contributed by atoms with Crippen LogP contribution in [0.1, 0.15) is 38.2 Å². The quantitative estimate of drug-likeness (QED) is 0.782. The number of rotatable bonds is 7. The minimum atomic E-state index is -0.140. The highest BCUT2D eigenvalue weighted by molar-refractivity contribution is 7.03. The molecule has 0 aromatic carbocycles. The third-order valence-corrected chi connectivity index (χ3v) is 5.13. The number of aromatic nitrogens is 1. The first-order valence-electron chi connectivity index (χ1n) is 8.65. The number of nitrogens with one attached hydrogen (secondary N) is 1. The summed E-state index contributed by atoms with van der Waals surface area (Å²) in [7, 11) is 1.71. The second kappa shape index (κ2) is 9.50. The van der Waals surface area contributed by atoms with Crippen molar-refractivity contribution < 1.29 is 14.4 Å². The maximum absolute atomic E-state index is 12.4. The van der Waals surface area contributed by atoms with Crippen molar-refractivity contribution in [3.05, 3.63) is 17.1 Å². The Hall–Kier alpha value is -1.96. The first-order chi connectivity index (χ1) is 12.0. The van der Waals surface area contributed by atoms with Gasteiger partial charge in [0.25, 0.3) is 0 Å². The first-order valence-corrected chi connectivity index (χ1v) is 9.49. The third kappa shape index (κ3) is 6.12. The number of hydrogen-bond donors (Lipinski definition) is 1. The average molecular weight is 366 g/mol. The molecule has 25 heavy (non-hydrogen) atoms. The fraction of sp³-hybridized carbons (Fsp3) is 0.647. The van der Waals surface area contributed by atoms with E-state index in [1.165, 1.54) is 11.5 Å². The number of hydrogen-bond acceptors (Lipinski definition) is 5. The Morgan fingerprint density at radius 2 is 2.20 bits per heavy atom. The molecule has 2 heterocycles. The van der Waals surface area contributed by atoms with Crippen LogP contribution >= 0.6 is 11.5 Å². The zero-order valence-electron chi connectivity index (χ0n) is 14.9. The van der Waals surface area contributed by atoms with Gasteiger partial charge in [-0.05, 0) is 36.9 Å². The van der Waals surface area contributed by atoms with E-state index in [0.717, 1.165) is 24.8 Å². The summed E-state index contributed by atoms with van der Waals surface area (Å²) in [5.74, 6) is -0.126. The highest BCUT2D eigenvalue weighted by atomic mass is 32.1. The number of carbonyl (C=O) groups is 3. The van der Waals surface area contributed by atoms with Crippen LogP contribution in [0.4, 0.5) is 0 Å². The molecule has 0 radical (unpaired) electrons. The average Bonchev–Trinajstić information content (AvgIpc) is 3.01.